The quantitative estimate of drug-likeness (QED) is 0.699. The van der Waals surface area contributed by atoms with Gasteiger partial charge in [0.2, 0.25) is 0 Å². The van der Waals surface area contributed by atoms with E-state index in [4.69, 9.17) is 0 Å². The molecule has 0 spiro atoms. The van der Waals surface area contributed by atoms with Crippen LogP contribution in [0, 0.1) is 5.82 Å². The minimum Gasteiger partial charge on any atom is -0.426 e. The van der Waals surface area contributed by atoms with Crippen molar-refractivity contribution in [2.75, 3.05) is 0 Å². The summed E-state index contributed by atoms with van der Waals surface area (Å²) in [5.74, 6) is 0.0786. The minimum absolute atomic E-state index is 0.313. The van der Waals surface area contributed by atoms with E-state index in [1.54, 1.807) is 18.3 Å². The van der Waals surface area contributed by atoms with Crippen molar-refractivity contribution in [3.8, 4) is 22.8 Å². The van der Waals surface area contributed by atoms with E-state index in [-0.39, 0.29) is 5.82 Å². The Balaban J connectivity index is 1.96. The Bertz CT molecular complexity index is 843. The minimum atomic E-state index is -0.313. The zero-order chi connectivity index (χ0) is 15.1. The van der Waals surface area contributed by atoms with Crippen LogP contribution in [0.25, 0.3) is 22.8 Å². The van der Waals surface area contributed by atoms with Crippen LogP contribution < -0.4 is 0 Å². The molecule has 0 bridgehead atoms. The van der Waals surface area contributed by atoms with E-state index in [1.165, 1.54) is 12.1 Å². The van der Waals surface area contributed by atoms with Gasteiger partial charge in [-0.25, -0.2) is 9.37 Å². The van der Waals surface area contributed by atoms with Gasteiger partial charge in [-0.3, -0.25) is 4.98 Å². The number of hydrogen-bond acceptors (Lipinski definition) is 3. The molecule has 1 N–H and O–H groups in total. The third kappa shape index (κ3) is 1.97. The summed E-state index contributed by atoms with van der Waals surface area (Å²) in [6, 6.07) is 10.2. The molecule has 0 amide bonds. The summed E-state index contributed by atoms with van der Waals surface area (Å²) < 4.78 is 14.7. The summed E-state index contributed by atoms with van der Waals surface area (Å²) in [4.78, 5) is 8.77. The molecule has 0 radical (unpaired) electrons. The number of halogens is 1. The molecule has 0 atom stereocenters. The maximum absolute atomic E-state index is 13.7. The van der Waals surface area contributed by atoms with Crippen LogP contribution in [0.4, 0.5) is 4.39 Å². The summed E-state index contributed by atoms with van der Waals surface area (Å²) in [5, 5.41) is 10.6. The number of fused-ring (bicyclic) bond motifs is 3. The van der Waals surface area contributed by atoms with Gasteiger partial charge in [0.25, 0.3) is 0 Å². The molecule has 1 aliphatic carbocycles. The fraction of sp³-hybridized carbons (Fsp3) is 0.176. The Morgan fingerprint density at radius 1 is 1.14 bits per heavy atom. The molecule has 0 fully saturated rings. The van der Waals surface area contributed by atoms with E-state index in [0.29, 0.717) is 22.8 Å². The van der Waals surface area contributed by atoms with Gasteiger partial charge in [-0.1, -0.05) is 12.1 Å². The first-order chi connectivity index (χ1) is 10.7. The molecular formula is C17H14FN3O. The number of hydrogen-bond donors (Lipinski definition) is 1. The third-order valence-corrected chi connectivity index (χ3v) is 4.01. The SMILES string of the molecule is On1c(-c2ccccn2)nc2c1-c1cc(F)ccc1CCC2. The molecule has 2 aromatic heterocycles. The lowest BCUT2D eigenvalue weighted by atomic mass is 10.0. The van der Waals surface area contributed by atoms with Crippen LogP contribution in [0.1, 0.15) is 17.7 Å². The second kappa shape index (κ2) is 4.94. The fourth-order valence-corrected chi connectivity index (χ4v) is 2.99. The summed E-state index contributed by atoms with van der Waals surface area (Å²) >= 11 is 0. The molecule has 4 nitrogen and oxygen atoms in total. The Hall–Kier alpha value is -2.69. The van der Waals surface area contributed by atoms with Crippen LogP contribution in [-0.2, 0) is 12.8 Å². The van der Waals surface area contributed by atoms with E-state index in [2.05, 4.69) is 9.97 Å². The van der Waals surface area contributed by atoms with Crippen molar-refractivity contribution in [3.63, 3.8) is 0 Å². The molecule has 0 saturated carbocycles. The van der Waals surface area contributed by atoms with Crippen molar-refractivity contribution in [1.29, 1.82) is 0 Å². The predicted molar refractivity (Wildman–Crippen MR) is 80.1 cm³/mol. The zero-order valence-corrected chi connectivity index (χ0v) is 11.8. The van der Waals surface area contributed by atoms with Crippen molar-refractivity contribution >= 4 is 0 Å². The number of rotatable bonds is 1. The number of nitrogens with zero attached hydrogens (tertiary/aromatic N) is 3. The van der Waals surface area contributed by atoms with Gasteiger partial charge in [-0.05, 0) is 49.1 Å². The van der Waals surface area contributed by atoms with Crippen LogP contribution >= 0.6 is 0 Å². The number of aryl methyl sites for hydroxylation is 2. The molecule has 5 heteroatoms. The molecule has 0 saturated heterocycles. The lowest BCUT2D eigenvalue weighted by Gasteiger charge is -2.08. The van der Waals surface area contributed by atoms with Crippen molar-refractivity contribution in [2.24, 2.45) is 0 Å². The number of benzene rings is 1. The third-order valence-electron chi connectivity index (χ3n) is 4.01. The highest BCUT2D eigenvalue weighted by molar-refractivity contribution is 5.71. The van der Waals surface area contributed by atoms with Gasteiger partial charge in [0.05, 0.1) is 5.69 Å². The average Bonchev–Trinajstić information content (AvgIpc) is 2.75. The lowest BCUT2D eigenvalue weighted by Crippen LogP contribution is -2.00. The topological polar surface area (TPSA) is 50.9 Å². The highest BCUT2D eigenvalue weighted by atomic mass is 19.1. The van der Waals surface area contributed by atoms with Crippen molar-refractivity contribution < 1.29 is 9.60 Å². The van der Waals surface area contributed by atoms with Gasteiger partial charge in [0, 0.05) is 11.8 Å². The van der Waals surface area contributed by atoms with Gasteiger partial charge in [0.15, 0.2) is 5.82 Å². The lowest BCUT2D eigenvalue weighted by molar-refractivity contribution is 0.195. The van der Waals surface area contributed by atoms with E-state index >= 15 is 0 Å². The smallest absolute Gasteiger partial charge is 0.194 e. The highest BCUT2D eigenvalue weighted by Gasteiger charge is 2.24. The van der Waals surface area contributed by atoms with Gasteiger partial charge < -0.3 is 5.21 Å². The zero-order valence-electron chi connectivity index (χ0n) is 11.8. The summed E-state index contributed by atoms with van der Waals surface area (Å²) in [7, 11) is 0. The molecule has 22 heavy (non-hydrogen) atoms. The molecular weight excluding hydrogens is 281 g/mol. The van der Waals surface area contributed by atoms with Gasteiger partial charge in [0.1, 0.15) is 17.2 Å². The van der Waals surface area contributed by atoms with Crippen LogP contribution in [0.5, 0.6) is 0 Å². The van der Waals surface area contributed by atoms with E-state index in [9.17, 15) is 9.60 Å². The predicted octanol–water partition coefficient (Wildman–Crippen LogP) is 3.48. The molecule has 0 unspecified atom stereocenters. The number of pyridine rings is 1. The normalized spacial score (nSPS) is 13.3. The maximum Gasteiger partial charge on any atom is 0.194 e. The number of imidazole rings is 1. The Morgan fingerprint density at radius 3 is 2.86 bits per heavy atom. The molecule has 1 aromatic carbocycles. The van der Waals surface area contributed by atoms with Crippen molar-refractivity contribution in [3.05, 3.63) is 59.7 Å². The second-order valence-corrected chi connectivity index (χ2v) is 5.41. The second-order valence-electron chi connectivity index (χ2n) is 5.41. The first-order valence-corrected chi connectivity index (χ1v) is 7.25. The van der Waals surface area contributed by atoms with Crippen LogP contribution in [0.2, 0.25) is 0 Å². The van der Waals surface area contributed by atoms with Crippen LogP contribution in [0.15, 0.2) is 42.6 Å². The highest BCUT2D eigenvalue weighted by Crippen LogP contribution is 2.35. The molecule has 110 valence electrons. The Kier molecular flexibility index (Phi) is 2.92. The monoisotopic (exact) mass is 295 g/mol. The average molecular weight is 295 g/mol. The summed E-state index contributed by atoms with van der Waals surface area (Å²) in [6.45, 7) is 0. The molecule has 0 aliphatic heterocycles. The van der Waals surface area contributed by atoms with Crippen LogP contribution in [-0.4, -0.2) is 19.9 Å². The van der Waals surface area contributed by atoms with Gasteiger partial charge in [-0.15, -0.1) is 0 Å². The van der Waals surface area contributed by atoms with Gasteiger partial charge in [-0.2, -0.15) is 4.73 Å². The maximum atomic E-state index is 13.7. The molecule has 2 heterocycles. The molecule has 3 aromatic rings. The Morgan fingerprint density at radius 2 is 2.05 bits per heavy atom. The summed E-state index contributed by atoms with van der Waals surface area (Å²) in [5.41, 5.74) is 3.70. The van der Waals surface area contributed by atoms with E-state index in [1.807, 2.05) is 12.1 Å². The molecule has 4 rings (SSSR count). The molecule has 1 aliphatic rings. The van der Waals surface area contributed by atoms with Crippen molar-refractivity contribution in [2.45, 2.75) is 19.3 Å². The fourth-order valence-electron chi connectivity index (χ4n) is 2.99. The summed E-state index contributed by atoms with van der Waals surface area (Å²) in [6.07, 6.45) is 4.18. The van der Waals surface area contributed by atoms with E-state index < -0.39 is 0 Å². The largest absolute Gasteiger partial charge is 0.426 e. The van der Waals surface area contributed by atoms with E-state index in [0.717, 1.165) is 35.3 Å². The Labute approximate surface area is 126 Å². The first kappa shape index (κ1) is 13.0. The standard InChI is InChI=1S/C17H14FN3O/c18-12-8-7-11-4-3-6-14-16(13(11)10-12)21(22)17(20-14)15-5-1-2-9-19-15/h1-2,5,7-10,22H,3-4,6H2. The van der Waals surface area contributed by atoms with Crippen molar-refractivity contribution in [1.82, 2.24) is 14.7 Å². The van der Waals surface area contributed by atoms with Gasteiger partial charge >= 0.3 is 0 Å². The van der Waals surface area contributed by atoms with Crippen LogP contribution in [0.3, 0.4) is 0 Å². The number of aromatic nitrogens is 3. The first-order valence-electron chi connectivity index (χ1n) is 7.25.